The van der Waals surface area contributed by atoms with Gasteiger partial charge in [-0.2, -0.15) is 0 Å². The van der Waals surface area contributed by atoms with Crippen molar-refractivity contribution in [3.8, 4) is 0 Å². The van der Waals surface area contributed by atoms with Crippen molar-refractivity contribution in [1.29, 1.82) is 5.41 Å². The van der Waals surface area contributed by atoms with Crippen molar-refractivity contribution < 1.29 is 8.42 Å². The third-order valence-corrected chi connectivity index (χ3v) is 3.98. The highest BCUT2D eigenvalue weighted by molar-refractivity contribution is 8.18. The van der Waals surface area contributed by atoms with Gasteiger partial charge in [0.25, 0.3) is 0 Å². The predicted octanol–water partition coefficient (Wildman–Crippen LogP) is 0.501. The summed E-state index contributed by atoms with van der Waals surface area (Å²) in [7, 11) is -3.14. The second-order valence-corrected chi connectivity index (χ2v) is 5.24. The molecule has 4 nitrogen and oxygen atoms in total. The lowest BCUT2D eigenvalue weighted by Gasteiger charge is -1.95. The molecule has 0 radical (unpaired) electrons. The zero-order valence-electron chi connectivity index (χ0n) is 5.99. The molecular weight excluding hydrogens is 184 g/mol. The van der Waals surface area contributed by atoms with Gasteiger partial charge in [0, 0.05) is 0 Å². The Labute approximate surface area is 69.5 Å². The third kappa shape index (κ3) is 1.81. The van der Waals surface area contributed by atoms with Crippen molar-refractivity contribution in [1.82, 2.24) is 0 Å². The van der Waals surface area contributed by atoms with Crippen molar-refractivity contribution in [3.63, 3.8) is 0 Å². The normalized spacial score (nSPS) is 18.6. The molecule has 11 heavy (non-hydrogen) atoms. The first-order valence-electron chi connectivity index (χ1n) is 3.08. The molecule has 6 heteroatoms. The van der Waals surface area contributed by atoms with E-state index in [0.29, 0.717) is 5.75 Å². The van der Waals surface area contributed by atoms with E-state index < -0.39 is 9.84 Å². The summed E-state index contributed by atoms with van der Waals surface area (Å²) in [5, 5.41) is 7.29. The van der Waals surface area contributed by atoms with E-state index in [2.05, 4.69) is 4.99 Å². The first-order valence-corrected chi connectivity index (χ1v) is 5.71. The molecule has 0 atom stereocenters. The molecule has 1 aliphatic heterocycles. The molecule has 0 aromatic rings. The highest BCUT2D eigenvalue weighted by Gasteiger charge is 2.23. The van der Waals surface area contributed by atoms with Gasteiger partial charge in [0.15, 0.2) is 15.0 Å². The number of hydrogen-bond donors (Lipinski definition) is 1. The quantitative estimate of drug-likeness (QED) is 0.657. The van der Waals surface area contributed by atoms with Crippen molar-refractivity contribution in [2.24, 2.45) is 4.99 Å². The summed E-state index contributed by atoms with van der Waals surface area (Å²) in [6.45, 7) is 1.57. The van der Waals surface area contributed by atoms with Crippen LogP contribution in [0, 0.1) is 5.41 Å². The van der Waals surface area contributed by atoms with Gasteiger partial charge >= 0.3 is 0 Å². The van der Waals surface area contributed by atoms with Gasteiger partial charge < -0.3 is 0 Å². The van der Waals surface area contributed by atoms with E-state index in [9.17, 15) is 8.42 Å². The highest BCUT2D eigenvalue weighted by atomic mass is 32.2. The molecule has 0 aliphatic carbocycles. The number of amidine groups is 1. The van der Waals surface area contributed by atoms with Crippen LogP contribution in [-0.4, -0.2) is 30.1 Å². The topological polar surface area (TPSA) is 70.3 Å². The van der Waals surface area contributed by atoms with Gasteiger partial charge in [0.2, 0.25) is 0 Å². The summed E-state index contributed by atoms with van der Waals surface area (Å²) >= 11 is 1.15. The fourth-order valence-corrected chi connectivity index (χ4v) is 2.65. The van der Waals surface area contributed by atoms with Gasteiger partial charge in [-0.15, -0.1) is 0 Å². The molecule has 0 aromatic heterocycles. The number of aliphatic imine (C=N–C) groups is 1. The lowest BCUT2D eigenvalue weighted by molar-refractivity contribution is 0.608. The summed E-state index contributed by atoms with van der Waals surface area (Å²) < 4.78 is 22.2. The maximum Gasteiger partial charge on any atom is 0.192 e. The Hall–Kier alpha value is -0.360. The Morgan fingerprint density at radius 1 is 1.73 bits per heavy atom. The van der Waals surface area contributed by atoms with Crippen molar-refractivity contribution in [3.05, 3.63) is 0 Å². The van der Waals surface area contributed by atoms with E-state index >= 15 is 0 Å². The lowest BCUT2D eigenvalue weighted by atomic mass is 10.8. The molecule has 0 amide bonds. The Bertz CT molecular complexity index is 304. The zero-order chi connectivity index (χ0) is 8.48. The molecule has 1 aliphatic rings. The van der Waals surface area contributed by atoms with Crippen LogP contribution in [-0.2, 0) is 9.84 Å². The SMILES string of the molecule is CCS(=O)(=O)C1=NC(=N)SC1. The van der Waals surface area contributed by atoms with E-state index in [1.807, 2.05) is 0 Å². The second kappa shape index (κ2) is 2.94. The monoisotopic (exact) mass is 192 g/mol. The number of nitrogens with zero attached hydrogens (tertiary/aromatic N) is 1. The van der Waals surface area contributed by atoms with Gasteiger partial charge in [0.1, 0.15) is 5.04 Å². The maximum absolute atomic E-state index is 11.1. The fourth-order valence-electron chi connectivity index (χ4n) is 0.634. The maximum atomic E-state index is 11.1. The first kappa shape index (κ1) is 8.73. The molecule has 0 saturated heterocycles. The van der Waals surface area contributed by atoms with Crippen molar-refractivity contribution in [2.75, 3.05) is 11.5 Å². The first-order chi connectivity index (χ1) is 5.06. The van der Waals surface area contributed by atoms with Crippen LogP contribution in [0.5, 0.6) is 0 Å². The average molecular weight is 192 g/mol. The fraction of sp³-hybridized carbons (Fsp3) is 0.600. The Morgan fingerprint density at radius 2 is 2.36 bits per heavy atom. The van der Waals surface area contributed by atoms with Crippen molar-refractivity contribution >= 4 is 31.8 Å². The largest absolute Gasteiger partial charge is 0.277 e. The predicted molar refractivity (Wildman–Crippen MR) is 47.1 cm³/mol. The molecule has 1 rings (SSSR count). The molecule has 62 valence electrons. The minimum absolute atomic E-state index is 0.0691. The van der Waals surface area contributed by atoms with Crippen LogP contribution >= 0.6 is 11.8 Å². The van der Waals surface area contributed by atoms with Crippen LogP contribution in [0.25, 0.3) is 0 Å². The summed E-state index contributed by atoms with van der Waals surface area (Å²) in [5.74, 6) is 0.397. The Kier molecular flexibility index (Phi) is 2.34. The van der Waals surface area contributed by atoms with Crippen LogP contribution < -0.4 is 0 Å². The Morgan fingerprint density at radius 3 is 2.73 bits per heavy atom. The van der Waals surface area contributed by atoms with E-state index in [4.69, 9.17) is 5.41 Å². The van der Waals surface area contributed by atoms with Crippen LogP contribution in [0.1, 0.15) is 6.92 Å². The number of nitrogens with one attached hydrogen (secondary N) is 1. The molecule has 0 spiro atoms. The lowest BCUT2D eigenvalue weighted by Crippen LogP contribution is -2.16. The zero-order valence-corrected chi connectivity index (χ0v) is 7.63. The van der Waals surface area contributed by atoms with E-state index in [1.54, 1.807) is 6.92 Å². The molecule has 0 bridgehead atoms. The van der Waals surface area contributed by atoms with Crippen LogP contribution in [0.15, 0.2) is 4.99 Å². The summed E-state index contributed by atoms with van der Waals surface area (Å²) in [6.07, 6.45) is 0. The third-order valence-electron chi connectivity index (χ3n) is 1.30. The van der Waals surface area contributed by atoms with Gasteiger partial charge in [0.05, 0.1) is 11.5 Å². The van der Waals surface area contributed by atoms with Gasteiger partial charge in [-0.1, -0.05) is 18.7 Å². The van der Waals surface area contributed by atoms with Gasteiger partial charge in [-0.3, -0.25) is 5.41 Å². The second-order valence-electron chi connectivity index (χ2n) is 2.00. The Balaban J connectivity index is 2.94. The van der Waals surface area contributed by atoms with E-state index in [-0.39, 0.29) is 16.0 Å². The molecule has 0 saturated carbocycles. The standard InChI is InChI=1S/C5H8N2O2S2/c1-2-11(8,9)4-3-10-5(6)7-4/h6H,2-3H2,1H3. The molecular formula is C5H8N2O2S2. The molecule has 0 unspecified atom stereocenters. The van der Waals surface area contributed by atoms with Crippen LogP contribution in [0.3, 0.4) is 0 Å². The smallest absolute Gasteiger partial charge is 0.192 e. The number of hydrogen-bond acceptors (Lipinski definition) is 4. The summed E-state index contributed by atoms with van der Waals surface area (Å²) in [6, 6.07) is 0. The number of rotatable bonds is 1. The minimum Gasteiger partial charge on any atom is -0.277 e. The van der Waals surface area contributed by atoms with E-state index in [1.165, 1.54) is 0 Å². The summed E-state index contributed by atoms with van der Waals surface area (Å²) in [5.41, 5.74) is 0. The summed E-state index contributed by atoms with van der Waals surface area (Å²) in [4.78, 5) is 3.61. The highest BCUT2D eigenvalue weighted by Crippen LogP contribution is 2.16. The van der Waals surface area contributed by atoms with E-state index in [0.717, 1.165) is 11.8 Å². The average Bonchev–Trinajstić information content (AvgIpc) is 2.36. The number of thioether (sulfide) groups is 1. The van der Waals surface area contributed by atoms with Gasteiger partial charge in [-0.05, 0) is 0 Å². The van der Waals surface area contributed by atoms with Crippen LogP contribution in [0.4, 0.5) is 0 Å². The molecule has 0 fully saturated rings. The van der Waals surface area contributed by atoms with Crippen molar-refractivity contribution in [2.45, 2.75) is 6.92 Å². The molecule has 1 N–H and O–H groups in total. The molecule has 1 heterocycles. The minimum atomic E-state index is -3.14. The van der Waals surface area contributed by atoms with Crippen LogP contribution in [0.2, 0.25) is 0 Å². The molecule has 0 aromatic carbocycles. The van der Waals surface area contributed by atoms with Gasteiger partial charge in [-0.25, -0.2) is 13.4 Å². The number of sulfone groups is 1.